The highest BCUT2D eigenvalue weighted by molar-refractivity contribution is 6.22. The van der Waals surface area contributed by atoms with Crippen LogP contribution >= 0.6 is 0 Å². The predicted octanol–water partition coefficient (Wildman–Crippen LogP) is 11.6. The smallest absolute Gasteiger partial charge is 0.147 e. The molecule has 42 heavy (non-hydrogen) atoms. The molecule has 0 atom stereocenters. The van der Waals surface area contributed by atoms with Crippen LogP contribution in [0.1, 0.15) is 0 Å². The molecule has 2 nitrogen and oxygen atoms in total. The zero-order valence-corrected chi connectivity index (χ0v) is 22.7. The van der Waals surface area contributed by atoms with Crippen molar-refractivity contribution in [2.75, 3.05) is 0 Å². The second-order valence-corrected chi connectivity index (χ2v) is 10.8. The van der Waals surface area contributed by atoms with Crippen molar-refractivity contribution in [1.82, 2.24) is 0 Å². The Morgan fingerprint density at radius 1 is 0.357 bits per heavy atom. The summed E-state index contributed by atoms with van der Waals surface area (Å²) in [6, 6.07) is 49.6. The lowest BCUT2D eigenvalue weighted by Crippen LogP contribution is -1.90. The van der Waals surface area contributed by atoms with Crippen LogP contribution in [0, 0.1) is 0 Å². The van der Waals surface area contributed by atoms with Crippen LogP contribution in [-0.4, -0.2) is 0 Å². The van der Waals surface area contributed by atoms with Gasteiger partial charge in [-0.1, -0.05) is 121 Å². The van der Waals surface area contributed by atoms with Crippen molar-refractivity contribution in [3.8, 4) is 33.4 Å². The summed E-state index contributed by atoms with van der Waals surface area (Å²) in [7, 11) is 0. The molecule has 0 N–H and O–H groups in total. The van der Waals surface area contributed by atoms with Crippen molar-refractivity contribution < 1.29 is 8.83 Å². The van der Waals surface area contributed by atoms with E-state index in [1.807, 2.05) is 18.2 Å². The van der Waals surface area contributed by atoms with Crippen molar-refractivity contribution in [2.24, 2.45) is 0 Å². The molecule has 0 bridgehead atoms. The normalized spacial score (nSPS) is 11.8. The molecular formula is C40H24O2. The minimum Gasteiger partial charge on any atom is -0.464 e. The van der Waals surface area contributed by atoms with Crippen molar-refractivity contribution in [3.63, 3.8) is 0 Å². The van der Waals surface area contributed by atoms with E-state index in [0.717, 1.165) is 44.0 Å². The van der Waals surface area contributed by atoms with Crippen LogP contribution in [-0.2, 0) is 0 Å². The van der Waals surface area contributed by atoms with Crippen molar-refractivity contribution in [3.05, 3.63) is 146 Å². The maximum absolute atomic E-state index is 6.44. The third-order valence-corrected chi connectivity index (χ3v) is 8.54. The van der Waals surface area contributed by atoms with Crippen LogP contribution in [0.2, 0.25) is 0 Å². The minimum absolute atomic E-state index is 0.845. The Morgan fingerprint density at radius 2 is 0.857 bits per heavy atom. The Kier molecular flexibility index (Phi) is 4.93. The molecule has 0 saturated carbocycles. The Bertz CT molecular complexity index is 2380. The number of furan rings is 2. The Morgan fingerprint density at radius 3 is 1.48 bits per heavy atom. The average Bonchev–Trinajstić information content (AvgIpc) is 3.67. The third-order valence-electron chi connectivity index (χ3n) is 8.54. The van der Waals surface area contributed by atoms with Gasteiger partial charge in [0.25, 0.3) is 0 Å². The summed E-state index contributed by atoms with van der Waals surface area (Å²) in [6.07, 6.45) is 1.76. The maximum Gasteiger partial charge on any atom is 0.147 e. The molecule has 0 unspecified atom stereocenters. The van der Waals surface area contributed by atoms with E-state index >= 15 is 0 Å². The highest BCUT2D eigenvalue weighted by Gasteiger charge is 2.20. The quantitative estimate of drug-likeness (QED) is 0.210. The van der Waals surface area contributed by atoms with Crippen molar-refractivity contribution in [2.45, 2.75) is 0 Å². The zero-order chi connectivity index (χ0) is 27.6. The first kappa shape index (κ1) is 23.1. The molecule has 0 amide bonds. The average molecular weight is 537 g/mol. The van der Waals surface area contributed by atoms with Crippen LogP contribution in [0.4, 0.5) is 0 Å². The fourth-order valence-electron chi connectivity index (χ4n) is 6.71. The van der Waals surface area contributed by atoms with E-state index in [0.29, 0.717) is 0 Å². The van der Waals surface area contributed by atoms with Gasteiger partial charge in [-0.3, -0.25) is 0 Å². The number of benzene rings is 7. The lowest BCUT2D eigenvalue weighted by Gasteiger charge is -2.18. The summed E-state index contributed by atoms with van der Waals surface area (Å²) >= 11 is 0. The van der Waals surface area contributed by atoms with Gasteiger partial charge in [0.15, 0.2) is 0 Å². The summed E-state index contributed by atoms with van der Waals surface area (Å²) in [4.78, 5) is 0. The number of hydrogen-bond acceptors (Lipinski definition) is 2. The van der Waals surface area contributed by atoms with Gasteiger partial charge in [0.05, 0.1) is 11.8 Å². The molecule has 0 fully saturated rings. The summed E-state index contributed by atoms with van der Waals surface area (Å²) in [6.45, 7) is 0. The zero-order valence-electron chi connectivity index (χ0n) is 22.7. The van der Waals surface area contributed by atoms with E-state index in [-0.39, 0.29) is 0 Å². The van der Waals surface area contributed by atoms with E-state index < -0.39 is 0 Å². The first-order chi connectivity index (χ1) is 20.8. The third kappa shape index (κ3) is 3.33. The fourth-order valence-corrected chi connectivity index (χ4v) is 6.71. The van der Waals surface area contributed by atoms with Crippen LogP contribution in [0.25, 0.3) is 87.8 Å². The standard InChI is InChI=1S/C40H24O2/c1-2-10-25(11-3-1)36-30-13-4-6-15-32(30)37(33-16-7-5-14-31(33)36)26-18-20-27(21-19-26)38-39-28(22-23-41-39)24-34-29-12-8-9-17-35(29)42-40(34)38/h1-24H. The first-order valence-corrected chi connectivity index (χ1v) is 14.3. The second-order valence-electron chi connectivity index (χ2n) is 10.8. The summed E-state index contributed by atoms with van der Waals surface area (Å²) in [5, 5.41) is 8.29. The maximum atomic E-state index is 6.44. The molecular weight excluding hydrogens is 512 g/mol. The van der Waals surface area contributed by atoms with E-state index in [1.165, 1.54) is 43.8 Å². The summed E-state index contributed by atoms with van der Waals surface area (Å²) in [5.41, 5.74) is 9.58. The molecule has 7 aromatic carbocycles. The van der Waals surface area contributed by atoms with Crippen LogP contribution in [0.3, 0.4) is 0 Å². The van der Waals surface area contributed by atoms with E-state index in [9.17, 15) is 0 Å². The SMILES string of the molecule is c1ccc(-c2c3ccccc3c(-c3ccc(-c4c5occc5cc5c4oc4ccccc45)cc3)c3ccccc23)cc1. The Hall–Kier alpha value is -5.60. The summed E-state index contributed by atoms with van der Waals surface area (Å²) < 4.78 is 12.5. The van der Waals surface area contributed by atoms with Crippen LogP contribution in [0.15, 0.2) is 155 Å². The monoisotopic (exact) mass is 536 g/mol. The van der Waals surface area contributed by atoms with Gasteiger partial charge in [-0.2, -0.15) is 0 Å². The van der Waals surface area contributed by atoms with E-state index in [4.69, 9.17) is 8.83 Å². The number of para-hydroxylation sites is 1. The van der Waals surface area contributed by atoms with Gasteiger partial charge in [-0.05, 0) is 67.6 Å². The van der Waals surface area contributed by atoms with Crippen LogP contribution in [0.5, 0.6) is 0 Å². The largest absolute Gasteiger partial charge is 0.464 e. The van der Waals surface area contributed by atoms with Gasteiger partial charge in [0, 0.05) is 16.2 Å². The van der Waals surface area contributed by atoms with Gasteiger partial charge in [0.1, 0.15) is 16.7 Å². The molecule has 0 aliphatic rings. The molecule has 0 saturated heterocycles. The number of hydrogen-bond donors (Lipinski definition) is 0. The molecule has 196 valence electrons. The lowest BCUT2D eigenvalue weighted by molar-refractivity contribution is 0.615. The topological polar surface area (TPSA) is 26.3 Å². The second kappa shape index (κ2) is 8.95. The summed E-state index contributed by atoms with van der Waals surface area (Å²) in [5.74, 6) is 0. The highest BCUT2D eigenvalue weighted by atomic mass is 16.3. The van der Waals surface area contributed by atoms with Crippen molar-refractivity contribution >= 4 is 54.5 Å². The molecule has 2 heteroatoms. The highest BCUT2D eigenvalue weighted by Crippen LogP contribution is 2.45. The van der Waals surface area contributed by atoms with Gasteiger partial charge >= 0.3 is 0 Å². The molecule has 0 aliphatic heterocycles. The van der Waals surface area contributed by atoms with Gasteiger partial charge in [-0.15, -0.1) is 0 Å². The first-order valence-electron chi connectivity index (χ1n) is 14.3. The van der Waals surface area contributed by atoms with Gasteiger partial charge < -0.3 is 8.83 Å². The molecule has 2 aromatic heterocycles. The Balaban J connectivity index is 1.29. The molecule has 0 aliphatic carbocycles. The van der Waals surface area contributed by atoms with Gasteiger partial charge in [0.2, 0.25) is 0 Å². The van der Waals surface area contributed by atoms with Gasteiger partial charge in [-0.25, -0.2) is 0 Å². The number of fused-ring (bicyclic) bond motifs is 6. The van der Waals surface area contributed by atoms with E-state index in [1.54, 1.807) is 6.26 Å². The predicted molar refractivity (Wildman–Crippen MR) is 175 cm³/mol. The molecule has 2 heterocycles. The minimum atomic E-state index is 0.845. The Labute approximate surface area is 242 Å². The lowest BCUT2D eigenvalue weighted by atomic mass is 9.85. The molecule has 9 aromatic rings. The van der Waals surface area contributed by atoms with Crippen LogP contribution < -0.4 is 0 Å². The fraction of sp³-hybridized carbons (Fsp3) is 0. The van der Waals surface area contributed by atoms with Crippen molar-refractivity contribution in [1.29, 1.82) is 0 Å². The molecule has 9 rings (SSSR count). The van der Waals surface area contributed by atoms with E-state index in [2.05, 4.69) is 121 Å². The molecule has 0 radical (unpaired) electrons. The molecule has 0 spiro atoms. The number of rotatable bonds is 3.